The Balaban J connectivity index is 2.41. The molecular formula is C12H13ClN4O2S. The average Bonchev–Trinajstić information content (AvgIpc) is 2.42. The Morgan fingerprint density at radius 1 is 1.30 bits per heavy atom. The maximum absolute atomic E-state index is 12.3. The first kappa shape index (κ1) is 14.6. The molecule has 1 aromatic heterocycles. The predicted octanol–water partition coefficient (Wildman–Crippen LogP) is 2.13. The molecule has 1 aromatic carbocycles. The van der Waals surface area contributed by atoms with Crippen LogP contribution in [0.25, 0.3) is 0 Å². The van der Waals surface area contributed by atoms with Crippen LogP contribution in [0.5, 0.6) is 0 Å². The van der Waals surface area contributed by atoms with E-state index in [-0.39, 0.29) is 10.7 Å². The number of aryl methyl sites for hydroxylation is 1. The molecule has 0 saturated carbocycles. The van der Waals surface area contributed by atoms with Crippen LogP contribution < -0.4 is 16.0 Å². The Bertz CT molecular complexity index is 734. The van der Waals surface area contributed by atoms with E-state index in [4.69, 9.17) is 17.4 Å². The van der Waals surface area contributed by atoms with Gasteiger partial charge in [0.1, 0.15) is 4.90 Å². The monoisotopic (exact) mass is 312 g/mol. The number of nitrogens with zero attached hydrogens (tertiary/aromatic N) is 1. The fraction of sp³-hybridized carbons (Fsp3) is 0.0833. The lowest BCUT2D eigenvalue weighted by molar-refractivity contribution is 0.601. The highest BCUT2D eigenvalue weighted by Gasteiger charge is 2.19. The van der Waals surface area contributed by atoms with Gasteiger partial charge in [-0.15, -0.1) is 0 Å². The molecule has 0 spiro atoms. The van der Waals surface area contributed by atoms with Gasteiger partial charge in [0, 0.05) is 11.2 Å². The Kier molecular flexibility index (Phi) is 4.12. The molecule has 106 valence electrons. The van der Waals surface area contributed by atoms with Crippen LogP contribution in [0.2, 0.25) is 5.02 Å². The maximum Gasteiger partial charge on any atom is 0.265 e. The molecule has 0 unspecified atom stereocenters. The highest BCUT2D eigenvalue weighted by atomic mass is 35.5. The van der Waals surface area contributed by atoms with Gasteiger partial charge in [-0.1, -0.05) is 11.6 Å². The highest BCUT2D eigenvalue weighted by Crippen LogP contribution is 2.24. The molecule has 2 aromatic rings. The van der Waals surface area contributed by atoms with Gasteiger partial charge in [0.15, 0.2) is 5.82 Å². The molecule has 0 saturated heterocycles. The van der Waals surface area contributed by atoms with E-state index in [2.05, 4.69) is 15.1 Å². The van der Waals surface area contributed by atoms with Crippen molar-refractivity contribution in [2.45, 2.75) is 11.8 Å². The highest BCUT2D eigenvalue weighted by molar-refractivity contribution is 7.92. The summed E-state index contributed by atoms with van der Waals surface area (Å²) in [7, 11) is -3.79. The zero-order valence-electron chi connectivity index (χ0n) is 10.6. The molecule has 0 aliphatic rings. The lowest BCUT2D eigenvalue weighted by Crippen LogP contribution is -2.18. The summed E-state index contributed by atoms with van der Waals surface area (Å²) in [4.78, 5) is 3.83. The van der Waals surface area contributed by atoms with E-state index in [1.807, 2.05) is 0 Å². The number of halogens is 1. The normalized spacial score (nSPS) is 11.2. The number of aromatic nitrogens is 1. The number of anilines is 2. The summed E-state index contributed by atoms with van der Waals surface area (Å²) in [5.74, 6) is 5.34. The minimum absolute atomic E-state index is 0.0307. The quantitative estimate of drug-likeness (QED) is 0.593. The second-order valence-corrected chi connectivity index (χ2v) is 6.15. The van der Waals surface area contributed by atoms with Crippen LogP contribution in [0.4, 0.5) is 11.5 Å². The third-order valence-electron chi connectivity index (χ3n) is 2.63. The molecular weight excluding hydrogens is 300 g/mol. The fourth-order valence-electron chi connectivity index (χ4n) is 1.66. The van der Waals surface area contributed by atoms with E-state index in [0.29, 0.717) is 16.3 Å². The van der Waals surface area contributed by atoms with Crippen LogP contribution in [0.3, 0.4) is 0 Å². The van der Waals surface area contributed by atoms with E-state index < -0.39 is 10.0 Å². The van der Waals surface area contributed by atoms with E-state index >= 15 is 0 Å². The van der Waals surface area contributed by atoms with Crippen molar-refractivity contribution in [3.8, 4) is 0 Å². The van der Waals surface area contributed by atoms with Gasteiger partial charge in [0.2, 0.25) is 0 Å². The number of nitrogens with two attached hydrogens (primary N) is 1. The van der Waals surface area contributed by atoms with Crippen LogP contribution in [-0.2, 0) is 10.0 Å². The van der Waals surface area contributed by atoms with Gasteiger partial charge in [0.25, 0.3) is 10.0 Å². The van der Waals surface area contributed by atoms with Crippen molar-refractivity contribution in [1.82, 2.24) is 4.98 Å². The number of sulfonamides is 1. The first-order valence-corrected chi connectivity index (χ1v) is 7.51. The molecule has 6 nitrogen and oxygen atoms in total. The van der Waals surface area contributed by atoms with Crippen molar-refractivity contribution >= 4 is 33.1 Å². The van der Waals surface area contributed by atoms with Crippen molar-refractivity contribution in [2.24, 2.45) is 5.84 Å². The van der Waals surface area contributed by atoms with Gasteiger partial charge < -0.3 is 5.43 Å². The van der Waals surface area contributed by atoms with Gasteiger partial charge in [-0.2, -0.15) is 0 Å². The second kappa shape index (κ2) is 5.66. The number of benzene rings is 1. The van der Waals surface area contributed by atoms with Crippen molar-refractivity contribution in [3.63, 3.8) is 0 Å². The maximum atomic E-state index is 12.3. The molecule has 20 heavy (non-hydrogen) atoms. The first-order chi connectivity index (χ1) is 9.44. The largest absolute Gasteiger partial charge is 0.307 e. The number of hydrogen-bond donors (Lipinski definition) is 3. The van der Waals surface area contributed by atoms with E-state index in [9.17, 15) is 8.42 Å². The van der Waals surface area contributed by atoms with Crippen LogP contribution >= 0.6 is 11.6 Å². The molecule has 0 aliphatic carbocycles. The van der Waals surface area contributed by atoms with Gasteiger partial charge in [0.05, 0.1) is 5.69 Å². The third-order valence-corrected chi connectivity index (χ3v) is 4.26. The first-order valence-electron chi connectivity index (χ1n) is 5.64. The summed E-state index contributed by atoms with van der Waals surface area (Å²) in [5.41, 5.74) is 3.42. The van der Waals surface area contributed by atoms with Crippen molar-refractivity contribution in [2.75, 3.05) is 10.1 Å². The van der Waals surface area contributed by atoms with E-state index in [1.54, 1.807) is 25.1 Å². The molecule has 1 heterocycles. The SMILES string of the molecule is Cc1cc(Cl)ccc1NS(=O)(=O)c1cccnc1NN. The van der Waals surface area contributed by atoms with Crippen LogP contribution in [0, 0.1) is 6.92 Å². The van der Waals surface area contributed by atoms with Gasteiger partial charge >= 0.3 is 0 Å². The standard InChI is InChI=1S/C12H13ClN4O2S/c1-8-7-9(13)4-5-10(8)17-20(18,19)11-3-2-6-15-12(11)16-14/h2-7,17H,14H2,1H3,(H,15,16). The summed E-state index contributed by atoms with van der Waals surface area (Å²) in [5, 5.41) is 0.538. The Labute approximate surface area is 122 Å². The molecule has 0 amide bonds. The van der Waals surface area contributed by atoms with Crippen molar-refractivity contribution in [3.05, 3.63) is 47.1 Å². The minimum atomic E-state index is -3.79. The molecule has 4 N–H and O–H groups in total. The Hall–Kier alpha value is -1.83. The molecule has 0 radical (unpaired) electrons. The summed E-state index contributed by atoms with van der Waals surface area (Å²) < 4.78 is 27.2. The average molecular weight is 313 g/mol. The number of hydrazine groups is 1. The number of hydrogen-bond acceptors (Lipinski definition) is 5. The number of rotatable bonds is 4. The Morgan fingerprint density at radius 3 is 2.70 bits per heavy atom. The van der Waals surface area contributed by atoms with E-state index in [1.165, 1.54) is 18.3 Å². The topological polar surface area (TPSA) is 97.1 Å². The zero-order chi connectivity index (χ0) is 14.8. The summed E-state index contributed by atoms with van der Waals surface area (Å²) in [6, 6.07) is 7.81. The third kappa shape index (κ3) is 3.01. The second-order valence-electron chi connectivity index (χ2n) is 4.06. The molecule has 0 atom stereocenters. The molecule has 2 rings (SSSR count). The van der Waals surface area contributed by atoms with Gasteiger partial charge in [-0.25, -0.2) is 19.2 Å². The Morgan fingerprint density at radius 2 is 2.05 bits per heavy atom. The summed E-state index contributed by atoms with van der Waals surface area (Å²) in [6.07, 6.45) is 1.45. The minimum Gasteiger partial charge on any atom is -0.307 e. The molecule has 0 fully saturated rings. The molecule has 0 bridgehead atoms. The number of nitrogen functional groups attached to an aromatic ring is 1. The van der Waals surface area contributed by atoms with Crippen LogP contribution in [0.1, 0.15) is 5.56 Å². The van der Waals surface area contributed by atoms with E-state index in [0.717, 1.165) is 0 Å². The van der Waals surface area contributed by atoms with Crippen LogP contribution in [-0.4, -0.2) is 13.4 Å². The van der Waals surface area contributed by atoms with Gasteiger partial charge in [-0.3, -0.25) is 4.72 Å². The lowest BCUT2D eigenvalue weighted by Gasteiger charge is -2.12. The van der Waals surface area contributed by atoms with Crippen molar-refractivity contribution < 1.29 is 8.42 Å². The van der Waals surface area contributed by atoms with Crippen molar-refractivity contribution in [1.29, 1.82) is 0 Å². The molecule has 8 heteroatoms. The fourth-order valence-corrected chi connectivity index (χ4v) is 3.14. The summed E-state index contributed by atoms with van der Waals surface area (Å²) >= 11 is 5.84. The van der Waals surface area contributed by atoms with Gasteiger partial charge in [-0.05, 0) is 42.8 Å². The number of pyridine rings is 1. The number of nitrogens with one attached hydrogen (secondary N) is 2. The smallest absolute Gasteiger partial charge is 0.265 e. The zero-order valence-corrected chi connectivity index (χ0v) is 12.2. The lowest BCUT2D eigenvalue weighted by atomic mass is 10.2. The van der Waals surface area contributed by atoms with Crippen LogP contribution in [0.15, 0.2) is 41.4 Å². The summed E-state index contributed by atoms with van der Waals surface area (Å²) in [6.45, 7) is 1.76. The molecule has 0 aliphatic heterocycles. The predicted molar refractivity (Wildman–Crippen MR) is 79.0 cm³/mol.